The maximum atomic E-state index is 13.6. The lowest BCUT2D eigenvalue weighted by Crippen LogP contribution is -2.33. The molecule has 1 aromatic rings. The van der Waals surface area contributed by atoms with Crippen molar-refractivity contribution >= 4 is 5.84 Å². The normalized spacial score (nSPS) is 11.1. The van der Waals surface area contributed by atoms with Crippen LogP contribution in [-0.2, 0) is 6.54 Å². The molecule has 0 aliphatic heterocycles. The van der Waals surface area contributed by atoms with Gasteiger partial charge in [0.25, 0.3) is 0 Å². The van der Waals surface area contributed by atoms with Gasteiger partial charge in [-0.25, -0.2) is 4.39 Å². The highest BCUT2D eigenvalue weighted by molar-refractivity contribution is 5.76. The van der Waals surface area contributed by atoms with Gasteiger partial charge in [-0.2, -0.15) is 0 Å². The molecule has 0 amide bonds. The lowest BCUT2D eigenvalue weighted by atomic mass is 10.1. The Hall–Kier alpha value is -1.62. The van der Waals surface area contributed by atoms with Crippen molar-refractivity contribution in [1.82, 2.24) is 4.90 Å². The summed E-state index contributed by atoms with van der Waals surface area (Å²) in [5.41, 5.74) is 6.26. The molecule has 0 aromatic heterocycles. The van der Waals surface area contributed by atoms with E-state index in [1.54, 1.807) is 6.07 Å². The summed E-state index contributed by atoms with van der Waals surface area (Å²) >= 11 is 0. The molecule has 0 radical (unpaired) electrons. The molecule has 0 bridgehead atoms. The number of nitrogens with one attached hydrogen (secondary N) is 1. The van der Waals surface area contributed by atoms with Crippen molar-refractivity contribution in [2.75, 3.05) is 13.7 Å². The topological polar surface area (TPSA) is 62.3 Å². The van der Waals surface area contributed by atoms with E-state index in [9.17, 15) is 4.39 Å². The summed E-state index contributed by atoms with van der Waals surface area (Å²) in [6.45, 7) is 5.46. The average molecular weight is 267 g/mol. The Balaban J connectivity index is 2.73. The van der Waals surface area contributed by atoms with Gasteiger partial charge in [-0.3, -0.25) is 10.3 Å². The van der Waals surface area contributed by atoms with Crippen molar-refractivity contribution in [3.8, 4) is 5.75 Å². The molecule has 4 nitrogen and oxygen atoms in total. The van der Waals surface area contributed by atoms with Crippen LogP contribution >= 0.6 is 0 Å². The number of nitrogens with two attached hydrogens (primary N) is 1. The number of hydrogen-bond acceptors (Lipinski definition) is 3. The van der Waals surface area contributed by atoms with Crippen LogP contribution in [0.4, 0.5) is 4.39 Å². The van der Waals surface area contributed by atoms with Crippen molar-refractivity contribution in [2.24, 2.45) is 5.73 Å². The second-order valence-corrected chi connectivity index (χ2v) is 4.81. The first-order chi connectivity index (χ1) is 8.93. The maximum absolute atomic E-state index is 13.6. The molecule has 0 heterocycles. The van der Waals surface area contributed by atoms with Gasteiger partial charge in [-0.1, -0.05) is 6.07 Å². The zero-order chi connectivity index (χ0) is 14.4. The van der Waals surface area contributed by atoms with E-state index < -0.39 is 0 Å². The molecule has 0 spiro atoms. The van der Waals surface area contributed by atoms with Gasteiger partial charge in [-0.15, -0.1) is 0 Å². The van der Waals surface area contributed by atoms with Crippen molar-refractivity contribution in [3.63, 3.8) is 0 Å². The molecule has 0 fully saturated rings. The third-order valence-electron chi connectivity index (χ3n) is 3.00. The smallest absolute Gasteiger partial charge is 0.165 e. The Morgan fingerprint density at radius 2 is 2.16 bits per heavy atom. The lowest BCUT2D eigenvalue weighted by molar-refractivity contribution is 0.218. The van der Waals surface area contributed by atoms with Gasteiger partial charge in [0.1, 0.15) is 0 Å². The monoisotopic (exact) mass is 267 g/mol. The van der Waals surface area contributed by atoms with E-state index in [-0.39, 0.29) is 17.4 Å². The number of methoxy groups -OCH3 is 1. The van der Waals surface area contributed by atoms with Crippen LogP contribution in [-0.4, -0.2) is 30.4 Å². The zero-order valence-corrected chi connectivity index (χ0v) is 11.7. The van der Waals surface area contributed by atoms with Crippen LogP contribution in [0.2, 0.25) is 0 Å². The molecule has 3 N–H and O–H groups in total. The maximum Gasteiger partial charge on any atom is 0.165 e. The van der Waals surface area contributed by atoms with E-state index >= 15 is 0 Å². The number of halogens is 1. The minimum atomic E-state index is -0.352. The third-order valence-corrected chi connectivity index (χ3v) is 3.00. The fourth-order valence-electron chi connectivity index (χ4n) is 1.83. The molecule has 0 saturated carbocycles. The molecular formula is C14H22FN3O. The highest BCUT2D eigenvalue weighted by Gasteiger charge is 2.12. The van der Waals surface area contributed by atoms with Crippen LogP contribution in [0, 0.1) is 11.2 Å². The molecule has 0 aliphatic carbocycles. The average Bonchev–Trinajstić information content (AvgIpc) is 2.34. The quantitative estimate of drug-likeness (QED) is 0.589. The first-order valence-electron chi connectivity index (χ1n) is 6.33. The lowest BCUT2D eigenvalue weighted by Gasteiger charge is -2.26. The van der Waals surface area contributed by atoms with Crippen LogP contribution in [0.25, 0.3) is 0 Å². The van der Waals surface area contributed by atoms with E-state index in [1.807, 2.05) is 6.07 Å². The van der Waals surface area contributed by atoms with Gasteiger partial charge in [0.05, 0.1) is 12.9 Å². The van der Waals surface area contributed by atoms with Crippen LogP contribution in [0.3, 0.4) is 0 Å². The number of rotatable bonds is 7. The van der Waals surface area contributed by atoms with E-state index in [0.717, 1.165) is 5.56 Å². The van der Waals surface area contributed by atoms with Crippen LogP contribution in [0.15, 0.2) is 18.2 Å². The van der Waals surface area contributed by atoms with Crippen LogP contribution in [0.5, 0.6) is 5.75 Å². The molecule has 5 heteroatoms. The zero-order valence-electron chi connectivity index (χ0n) is 11.7. The summed E-state index contributed by atoms with van der Waals surface area (Å²) < 4.78 is 18.5. The summed E-state index contributed by atoms with van der Waals surface area (Å²) in [4.78, 5) is 2.16. The summed E-state index contributed by atoms with van der Waals surface area (Å²) in [5, 5.41) is 7.27. The van der Waals surface area contributed by atoms with Gasteiger partial charge in [0, 0.05) is 25.6 Å². The number of benzene rings is 1. The summed E-state index contributed by atoms with van der Waals surface area (Å²) in [6.07, 6.45) is 0.525. The van der Waals surface area contributed by atoms with Gasteiger partial charge in [-0.05, 0) is 31.5 Å². The third kappa shape index (κ3) is 4.87. The highest BCUT2D eigenvalue weighted by atomic mass is 19.1. The second kappa shape index (κ2) is 7.09. The Labute approximate surface area is 113 Å². The largest absolute Gasteiger partial charge is 0.494 e. The number of ether oxygens (including phenoxy) is 1. The van der Waals surface area contributed by atoms with Crippen molar-refractivity contribution in [1.29, 1.82) is 5.41 Å². The van der Waals surface area contributed by atoms with Crippen LogP contribution < -0.4 is 10.5 Å². The minimum absolute atomic E-state index is 0.173. The molecule has 0 atom stereocenters. The molecule has 106 valence electrons. The predicted octanol–water partition coefficient (Wildman–Crippen LogP) is 2.37. The Morgan fingerprint density at radius 3 is 2.63 bits per heavy atom. The fourth-order valence-corrected chi connectivity index (χ4v) is 1.83. The van der Waals surface area contributed by atoms with E-state index in [4.69, 9.17) is 15.9 Å². The number of amidine groups is 1. The molecule has 0 saturated heterocycles. The molecule has 19 heavy (non-hydrogen) atoms. The summed E-state index contributed by atoms with van der Waals surface area (Å²) in [7, 11) is 1.45. The van der Waals surface area contributed by atoms with Gasteiger partial charge in [0.15, 0.2) is 11.6 Å². The highest BCUT2D eigenvalue weighted by Crippen LogP contribution is 2.19. The molecule has 0 unspecified atom stereocenters. The first kappa shape index (κ1) is 15.4. The van der Waals surface area contributed by atoms with Gasteiger partial charge in [0.2, 0.25) is 0 Å². The Bertz CT molecular complexity index is 435. The second-order valence-electron chi connectivity index (χ2n) is 4.81. The minimum Gasteiger partial charge on any atom is -0.494 e. The molecule has 0 aliphatic rings. The molecule has 1 rings (SSSR count). The van der Waals surface area contributed by atoms with Crippen molar-refractivity contribution in [3.05, 3.63) is 29.6 Å². The SMILES string of the molecule is COc1ccc(CN(CCC(=N)N)C(C)C)cc1F. The Morgan fingerprint density at radius 1 is 1.47 bits per heavy atom. The predicted molar refractivity (Wildman–Crippen MR) is 75.0 cm³/mol. The van der Waals surface area contributed by atoms with E-state index in [2.05, 4.69) is 18.7 Å². The van der Waals surface area contributed by atoms with Gasteiger partial charge < -0.3 is 10.5 Å². The van der Waals surface area contributed by atoms with Gasteiger partial charge >= 0.3 is 0 Å². The standard InChI is InChI=1S/C14H22FN3O/c1-10(2)18(7-6-14(16)17)9-11-4-5-13(19-3)12(15)8-11/h4-5,8,10H,6-7,9H2,1-3H3,(H3,16,17). The van der Waals surface area contributed by atoms with E-state index in [0.29, 0.717) is 25.6 Å². The van der Waals surface area contributed by atoms with Crippen molar-refractivity contribution in [2.45, 2.75) is 32.9 Å². The summed E-state index contributed by atoms with van der Waals surface area (Å²) in [5.74, 6) is 0.0745. The Kier molecular flexibility index (Phi) is 5.76. The first-order valence-corrected chi connectivity index (χ1v) is 6.33. The van der Waals surface area contributed by atoms with Crippen LogP contribution in [0.1, 0.15) is 25.8 Å². The number of nitrogens with zero attached hydrogens (tertiary/aromatic N) is 1. The summed E-state index contributed by atoms with van der Waals surface area (Å²) in [6, 6.07) is 5.28. The molecular weight excluding hydrogens is 245 g/mol. The van der Waals surface area contributed by atoms with E-state index in [1.165, 1.54) is 13.2 Å². The molecule has 1 aromatic carbocycles. The fraction of sp³-hybridized carbons (Fsp3) is 0.500. The number of hydrogen-bond donors (Lipinski definition) is 2. The van der Waals surface area contributed by atoms with Crippen molar-refractivity contribution < 1.29 is 9.13 Å².